The van der Waals surface area contributed by atoms with Gasteiger partial charge < -0.3 is 15.4 Å². The molecule has 0 saturated carbocycles. The molecular weight excluding hydrogens is 260 g/mol. The Morgan fingerprint density at radius 3 is 2.75 bits per heavy atom. The molecule has 112 valence electrons. The molecule has 0 aliphatic heterocycles. The number of nitrogens with one attached hydrogen (secondary N) is 1. The van der Waals surface area contributed by atoms with Gasteiger partial charge in [-0.05, 0) is 23.3 Å². The van der Waals surface area contributed by atoms with E-state index in [-0.39, 0.29) is 11.7 Å². The number of hydrogen-bond acceptors (Lipinski definition) is 4. The quantitative estimate of drug-likeness (QED) is 0.428. The molecule has 0 fully saturated rings. The average molecular weight is 282 g/mol. The van der Waals surface area contributed by atoms with Crippen LogP contribution in [0.3, 0.4) is 0 Å². The minimum atomic E-state index is -0.553. The zero-order chi connectivity index (χ0) is 15.0. The first-order valence-corrected chi connectivity index (χ1v) is 7.05. The molecule has 0 saturated heterocycles. The van der Waals surface area contributed by atoms with Crippen LogP contribution in [0.2, 0.25) is 0 Å². The number of aromatic nitrogens is 2. The molecule has 1 unspecified atom stereocenters. The number of rotatable bonds is 9. The molecule has 1 N–H and O–H groups in total. The smallest absolute Gasteiger partial charge is 0.358 e. The summed E-state index contributed by atoms with van der Waals surface area (Å²) >= 11 is 0. The summed E-state index contributed by atoms with van der Waals surface area (Å²) in [5.41, 5.74) is 0. The maximum absolute atomic E-state index is 12.1. The Balaban J connectivity index is 2.74. The molecular formula is C13H22N4O3. The Morgan fingerprint density at radius 1 is 1.45 bits per heavy atom. The van der Waals surface area contributed by atoms with Crippen LogP contribution in [0.1, 0.15) is 52.0 Å². The van der Waals surface area contributed by atoms with E-state index >= 15 is 0 Å². The van der Waals surface area contributed by atoms with Gasteiger partial charge >= 0.3 is 5.82 Å². The normalized spacial score (nSPS) is 12.1. The predicted molar refractivity (Wildman–Crippen MR) is 75.4 cm³/mol. The van der Waals surface area contributed by atoms with E-state index in [0.29, 0.717) is 13.0 Å². The number of carbonyl (C=O) groups excluding carboxylic acids is 1. The van der Waals surface area contributed by atoms with Gasteiger partial charge in [0.05, 0.1) is 0 Å². The molecule has 1 aromatic rings. The second kappa shape index (κ2) is 8.29. The van der Waals surface area contributed by atoms with Crippen LogP contribution in [-0.4, -0.2) is 26.9 Å². The summed E-state index contributed by atoms with van der Waals surface area (Å²) in [6.07, 6.45) is 7.58. The van der Waals surface area contributed by atoms with Crippen LogP contribution in [0.25, 0.3) is 0 Å². The van der Waals surface area contributed by atoms with Gasteiger partial charge in [-0.3, -0.25) is 9.36 Å². The third-order valence-electron chi connectivity index (χ3n) is 3.12. The van der Waals surface area contributed by atoms with Crippen LogP contribution < -0.4 is 5.32 Å². The Morgan fingerprint density at radius 2 is 2.20 bits per heavy atom. The number of nitro groups is 1. The van der Waals surface area contributed by atoms with E-state index in [1.165, 1.54) is 17.1 Å². The molecule has 7 nitrogen and oxygen atoms in total. The summed E-state index contributed by atoms with van der Waals surface area (Å²) in [5.74, 6) is -0.343. The first-order chi connectivity index (χ1) is 9.60. The van der Waals surface area contributed by atoms with Crippen molar-refractivity contribution in [2.75, 3.05) is 6.54 Å². The van der Waals surface area contributed by atoms with Gasteiger partial charge in [0.2, 0.25) is 12.2 Å². The molecule has 0 aliphatic rings. The molecule has 0 radical (unpaired) electrons. The summed E-state index contributed by atoms with van der Waals surface area (Å²) in [6, 6.07) is -0.423. The van der Waals surface area contributed by atoms with Crippen LogP contribution in [0.5, 0.6) is 0 Å². The maximum atomic E-state index is 12.1. The molecule has 1 heterocycles. The summed E-state index contributed by atoms with van der Waals surface area (Å²) in [7, 11) is 0. The lowest BCUT2D eigenvalue weighted by Crippen LogP contribution is -2.32. The van der Waals surface area contributed by atoms with Gasteiger partial charge in [-0.25, -0.2) is 0 Å². The molecule has 20 heavy (non-hydrogen) atoms. The first-order valence-electron chi connectivity index (χ1n) is 7.05. The van der Waals surface area contributed by atoms with E-state index in [1.54, 1.807) is 0 Å². The van der Waals surface area contributed by atoms with Gasteiger partial charge in [-0.1, -0.05) is 32.6 Å². The molecule has 0 spiro atoms. The van der Waals surface area contributed by atoms with E-state index in [0.717, 1.165) is 25.7 Å². The van der Waals surface area contributed by atoms with Gasteiger partial charge in [-0.15, -0.1) is 0 Å². The number of imidazole rings is 1. The Bertz CT molecular complexity index is 445. The first kappa shape index (κ1) is 16.1. The molecule has 1 rings (SSSR count). The van der Waals surface area contributed by atoms with Gasteiger partial charge in [0.25, 0.3) is 0 Å². The lowest BCUT2D eigenvalue weighted by Gasteiger charge is -2.16. The minimum Gasteiger partial charge on any atom is -0.358 e. The zero-order valence-corrected chi connectivity index (χ0v) is 12.0. The molecule has 1 aromatic heterocycles. The monoisotopic (exact) mass is 282 g/mol. The molecule has 0 bridgehead atoms. The number of unbranched alkanes of at least 4 members (excludes halogenated alkanes) is 3. The number of hydrogen-bond donors (Lipinski definition) is 1. The van der Waals surface area contributed by atoms with E-state index < -0.39 is 11.0 Å². The van der Waals surface area contributed by atoms with Crippen molar-refractivity contribution < 1.29 is 9.72 Å². The van der Waals surface area contributed by atoms with Gasteiger partial charge in [0, 0.05) is 6.54 Å². The van der Waals surface area contributed by atoms with Crippen LogP contribution in [0.15, 0.2) is 12.5 Å². The highest BCUT2D eigenvalue weighted by Gasteiger charge is 2.22. The fourth-order valence-electron chi connectivity index (χ4n) is 2.06. The SMILES string of the molecule is CCCCCCC(C(=O)NCC)n1cnc([N+](=O)[O-])c1. The zero-order valence-electron chi connectivity index (χ0n) is 12.0. The number of nitrogens with zero attached hydrogens (tertiary/aromatic N) is 3. The maximum Gasteiger partial charge on any atom is 0.381 e. The minimum absolute atomic E-state index is 0.115. The third kappa shape index (κ3) is 4.64. The van der Waals surface area contributed by atoms with Crippen molar-refractivity contribution in [3.63, 3.8) is 0 Å². The van der Waals surface area contributed by atoms with Crippen molar-refractivity contribution in [1.29, 1.82) is 0 Å². The average Bonchev–Trinajstić information content (AvgIpc) is 2.88. The van der Waals surface area contributed by atoms with Crippen LogP contribution in [0, 0.1) is 10.1 Å². The van der Waals surface area contributed by atoms with Gasteiger partial charge in [0.1, 0.15) is 12.2 Å². The lowest BCUT2D eigenvalue weighted by molar-refractivity contribution is -0.389. The lowest BCUT2D eigenvalue weighted by atomic mass is 10.1. The summed E-state index contributed by atoms with van der Waals surface area (Å²) in [4.78, 5) is 25.9. The highest BCUT2D eigenvalue weighted by molar-refractivity contribution is 5.80. The van der Waals surface area contributed by atoms with Crippen molar-refractivity contribution in [2.24, 2.45) is 0 Å². The van der Waals surface area contributed by atoms with Gasteiger partial charge in [0.15, 0.2) is 0 Å². The Kier molecular flexibility index (Phi) is 6.69. The molecule has 0 aromatic carbocycles. The predicted octanol–water partition coefficient (Wildman–Crippen LogP) is 2.44. The fourth-order valence-corrected chi connectivity index (χ4v) is 2.06. The highest BCUT2D eigenvalue weighted by atomic mass is 16.6. The van der Waals surface area contributed by atoms with Crippen molar-refractivity contribution in [3.8, 4) is 0 Å². The second-order valence-electron chi connectivity index (χ2n) is 4.70. The summed E-state index contributed by atoms with van der Waals surface area (Å²) in [6.45, 7) is 4.52. The Hall–Kier alpha value is -1.92. The molecule has 1 atom stereocenters. The standard InChI is InChI=1S/C13H22N4O3/c1-3-5-6-7-8-11(13(18)14-4-2)16-9-12(15-10-16)17(19)20/h9-11H,3-8H2,1-2H3,(H,14,18). The van der Waals surface area contributed by atoms with E-state index in [1.807, 2.05) is 6.92 Å². The van der Waals surface area contributed by atoms with E-state index in [9.17, 15) is 14.9 Å². The van der Waals surface area contributed by atoms with Crippen molar-refractivity contribution in [2.45, 2.75) is 52.0 Å². The summed E-state index contributed by atoms with van der Waals surface area (Å²) < 4.78 is 1.54. The molecule has 7 heteroatoms. The highest BCUT2D eigenvalue weighted by Crippen LogP contribution is 2.19. The third-order valence-corrected chi connectivity index (χ3v) is 3.12. The van der Waals surface area contributed by atoms with E-state index in [2.05, 4.69) is 17.2 Å². The van der Waals surface area contributed by atoms with Crippen molar-refractivity contribution in [3.05, 3.63) is 22.6 Å². The van der Waals surface area contributed by atoms with E-state index in [4.69, 9.17) is 0 Å². The fraction of sp³-hybridized carbons (Fsp3) is 0.692. The van der Waals surface area contributed by atoms with Crippen LogP contribution >= 0.6 is 0 Å². The topological polar surface area (TPSA) is 90.1 Å². The second-order valence-corrected chi connectivity index (χ2v) is 4.70. The number of amides is 1. The largest absolute Gasteiger partial charge is 0.381 e. The van der Waals surface area contributed by atoms with Crippen LogP contribution in [0.4, 0.5) is 5.82 Å². The van der Waals surface area contributed by atoms with Crippen molar-refractivity contribution in [1.82, 2.24) is 14.9 Å². The number of carbonyl (C=O) groups is 1. The van der Waals surface area contributed by atoms with Crippen molar-refractivity contribution >= 4 is 11.7 Å². The Labute approximate surface area is 118 Å². The van der Waals surface area contributed by atoms with Crippen LogP contribution in [-0.2, 0) is 4.79 Å². The van der Waals surface area contributed by atoms with Gasteiger partial charge in [-0.2, -0.15) is 0 Å². The summed E-state index contributed by atoms with van der Waals surface area (Å²) in [5, 5.41) is 13.4. The molecule has 0 aliphatic carbocycles. The number of likely N-dealkylation sites (N-methyl/N-ethyl adjacent to an activating group) is 1. The molecule has 1 amide bonds.